The molecule has 0 spiro atoms. The lowest BCUT2D eigenvalue weighted by Gasteiger charge is -2.09. The largest absolute Gasteiger partial charge is 0.352 e. The van der Waals surface area contributed by atoms with Gasteiger partial charge in [-0.25, -0.2) is 9.50 Å². The van der Waals surface area contributed by atoms with Gasteiger partial charge in [0.2, 0.25) is 6.41 Å². The fraction of sp³-hybridized carbons (Fsp3) is 0.222. The maximum absolute atomic E-state index is 12.2. The predicted octanol–water partition coefficient (Wildman–Crippen LogP) is 2.35. The molecule has 7 heteroatoms. The van der Waals surface area contributed by atoms with Crippen LogP contribution in [-0.2, 0) is 4.79 Å². The van der Waals surface area contributed by atoms with Crippen LogP contribution in [0.3, 0.4) is 0 Å². The van der Waals surface area contributed by atoms with Gasteiger partial charge in [-0.2, -0.15) is 5.10 Å². The topological polar surface area (TPSA) is 88.4 Å². The van der Waals surface area contributed by atoms with Crippen LogP contribution in [0, 0.1) is 5.92 Å². The average molecular weight is 337 g/mol. The van der Waals surface area contributed by atoms with Crippen molar-refractivity contribution in [1.82, 2.24) is 19.9 Å². The molecule has 0 saturated carbocycles. The van der Waals surface area contributed by atoms with E-state index in [-0.39, 0.29) is 5.91 Å². The van der Waals surface area contributed by atoms with Crippen molar-refractivity contribution < 1.29 is 9.59 Å². The van der Waals surface area contributed by atoms with E-state index in [1.54, 1.807) is 16.8 Å². The summed E-state index contributed by atoms with van der Waals surface area (Å²) in [6.07, 6.45) is 2.20. The molecule has 0 atom stereocenters. The van der Waals surface area contributed by atoms with Crippen LogP contribution < -0.4 is 10.6 Å². The minimum atomic E-state index is -0.100. The zero-order valence-corrected chi connectivity index (χ0v) is 14.1. The Balaban J connectivity index is 1.88. The van der Waals surface area contributed by atoms with Gasteiger partial charge in [-0.05, 0) is 30.2 Å². The van der Waals surface area contributed by atoms with Gasteiger partial charge >= 0.3 is 0 Å². The quantitative estimate of drug-likeness (QED) is 0.676. The minimum Gasteiger partial charge on any atom is -0.352 e. The summed E-state index contributed by atoms with van der Waals surface area (Å²) in [6, 6.07) is 11.0. The Morgan fingerprint density at radius 1 is 1.28 bits per heavy atom. The van der Waals surface area contributed by atoms with Gasteiger partial charge in [0.1, 0.15) is 0 Å². The van der Waals surface area contributed by atoms with Gasteiger partial charge in [0.05, 0.1) is 11.9 Å². The Kier molecular flexibility index (Phi) is 4.74. The van der Waals surface area contributed by atoms with Gasteiger partial charge < -0.3 is 10.6 Å². The summed E-state index contributed by atoms with van der Waals surface area (Å²) >= 11 is 0. The second-order valence-electron chi connectivity index (χ2n) is 6.09. The fourth-order valence-electron chi connectivity index (χ4n) is 2.38. The van der Waals surface area contributed by atoms with Crippen molar-refractivity contribution in [3.05, 3.63) is 48.2 Å². The van der Waals surface area contributed by atoms with Crippen molar-refractivity contribution in [1.29, 1.82) is 0 Å². The van der Waals surface area contributed by atoms with Crippen LogP contribution in [0.25, 0.3) is 16.9 Å². The van der Waals surface area contributed by atoms with Crippen LogP contribution in [-0.4, -0.2) is 33.5 Å². The van der Waals surface area contributed by atoms with E-state index >= 15 is 0 Å². The molecule has 0 unspecified atom stereocenters. The highest BCUT2D eigenvalue weighted by Gasteiger charge is 2.09. The first kappa shape index (κ1) is 16.6. The number of carbonyl (C=O) groups is 2. The Bertz CT molecular complexity index is 917. The molecule has 3 rings (SSSR count). The zero-order valence-electron chi connectivity index (χ0n) is 14.1. The Morgan fingerprint density at radius 2 is 2.12 bits per heavy atom. The van der Waals surface area contributed by atoms with Gasteiger partial charge in [-0.15, -0.1) is 0 Å². The molecule has 0 aliphatic heterocycles. The molecule has 0 aliphatic carbocycles. The highest BCUT2D eigenvalue weighted by atomic mass is 16.1. The summed E-state index contributed by atoms with van der Waals surface area (Å²) in [6.45, 7) is 4.73. The van der Waals surface area contributed by atoms with Crippen LogP contribution in [0.4, 0.5) is 5.82 Å². The lowest BCUT2D eigenvalue weighted by Crippen LogP contribution is -2.27. The highest BCUT2D eigenvalue weighted by Crippen LogP contribution is 2.19. The third-order valence-corrected chi connectivity index (χ3v) is 3.62. The van der Waals surface area contributed by atoms with Gasteiger partial charge in [0, 0.05) is 17.7 Å². The molecule has 2 aromatic heterocycles. The zero-order chi connectivity index (χ0) is 17.8. The molecule has 2 amide bonds. The standard InChI is InChI=1S/C18H19N5O2/c1-12(2)9-19-18(25)14-5-3-4-13(8-14)15-6-7-17-21-16(20-11-24)10-23(17)22-15/h3-8,10-12H,9H2,1-2H3,(H,19,25)(H,20,24). The smallest absolute Gasteiger partial charge is 0.251 e. The number of anilines is 1. The van der Waals surface area contributed by atoms with E-state index in [1.807, 2.05) is 30.3 Å². The molecule has 1 aromatic carbocycles. The number of nitrogens with one attached hydrogen (secondary N) is 2. The number of carbonyl (C=O) groups excluding carboxylic acids is 2. The first-order chi connectivity index (χ1) is 12.1. The van der Waals surface area contributed by atoms with E-state index in [9.17, 15) is 9.59 Å². The number of rotatable bonds is 6. The monoisotopic (exact) mass is 337 g/mol. The molecule has 0 bridgehead atoms. The molecule has 0 radical (unpaired) electrons. The SMILES string of the molecule is CC(C)CNC(=O)c1cccc(-c2ccc3nc(NC=O)cn3n2)c1. The number of benzene rings is 1. The van der Waals surface area contributed by atoms with E-state index in [0.717, 1.165) is 5.56 Å². The van der Waals surface area contributed by atoms with E-state index in [1.165, 1.54) is 0 Å². The van der Waals surface area contributed by atoms with Crippen LogP contribution in [0.5, 0.6) is 0 Å². The number of nitrogens with zero attached hydrogens (tertiary/aromatic N) is 3. The van der Waals surface area contributed by atoms with Crippen LogP contribution >= 0.6 is 0 Å². The van der Waals surface area contributed by atoms with Gasteiger partial charge in [-0.3, -0.25) is 9.59 Å². The van der Waals surface area contributed by atoms with Crippen molar-refractivity contribution >= 4 is 23.8 Å². The summed E-state index contributed by atoms with van der Waals surface area (Å²) < 4.78 is 1.59. The van der Waals surface area contributed by atoms with E-state index < -0.39 is 0 Å². The van der Waals surface area contributed by atoms with E-state index in [4.69, 9.17) is 0 Å². The second kappa shape index (κ2) is 7.12. The second-order valence-corrected chi connectivity index (χ2v) is 6.09. The van der Waals surface area contributed by atoms with E-state index in [2.05, 4.69) is 34.6 Å². The molecule has 0 aliphatic rings. The third-order valence-electron chi connectivity index (χ3n) is 3.62. The lowest BCUT2D eigenvalue weighted by atomic mass is 10.1. The number of aromatic nitrogens is 3. The Labute approximate surface area is 145 Å². The normalized spacial score (nSPS) is 10.8. The maximum Gasteiger partial charge on any atom is 0.251 e. The van der Waals surface area contributed by atoms with Crippen molar-refractivity contribution in [3.63, 3.8) is 0 Å². The summed E-state index contributed by atoms with van der Waals surface area (Å²) in [7, 11) is 0. The van der Waals surface area contributed by atoms with Crippen LogP contribution in [0.1, 0.15) is 24.2 Å². The predicted molar refractivity (Wildman–Crippen MR) is 95.3 cm³/mol. The third kappa shape index (κ3) is 3.82. The molecule has 128 valence electrons. The molecule has 0 fully saturated rings. The summed E-state index contributed by atoms with van der Waals surface area (Å²) in [5.41, 5.74) is 2.76. The van der Waals surface area contributed by atoms with Gasteiger partial charge in [0.15, 0.2) is 11.5 Å². The lowest BCUT2D eigenvalue weighted by molar-refractivity contribution is -0.105. The number of imidazole rings is 1. The molecule has 2 heterocycles. The van der Waals surface area contributed by atoms with Crippen LogP contribution in [0.15, 0.2) is 42.6 Å². The number of fused-ring (bicyclic) bond motifs is 1. The Hall–Kier alpha value is -3.22. The molecule has 2 N–H and O–H groups in total. The fourth-order valence-corrected chi connectivity index (χ4v) is 2.38. The first-order valence-corrected chi connectivity index (χ1v) is 8.02. The van der Waals surface area contributed by atoms with Crippen molar-refractivity contribution in [2.75, 3.05) is 11.9 Å². The van der Waals surface area contributed by atoms with Crippen molar-refractivity contribution in [2.45, 2.75) is 13.8 Å². The van der Waals surface area contributed by atoms with Gasteiger partial charge in [-0.1, -0.05) is 26.0 Å². The summed E-state index contributed by atoms with van der Waals surface area (Å²) in [4.78, 5) is 27.0. The molecular formula is C18H19N5O2. The average Bonchev–Trinajstić information content (AvgIpc) is 3.01. The highest BCUT2D eigenvalue weighted by molar-refractivity contribution is 5.95. The van der Waals surface area contributed by atoms with Crippen LogP contribution in [0.2, 0.25) is 0 Å². The number of hydrogen-bond donors (Lipinski definition) is 2. The number of hydrogen-bond acceptors (Lipinski definition) is 4. The van der Waals surface area contributed by atoms with E-state index in [0.29, 0.717) is 41.6 Å². The van der Waals surface area contributed by atoms with Crippen molar-refractivity contribution in [2.24, 2.45) is 5.92 Å². The number of amides is 2. The van der Waals surface area contributed by atoms with Gasteiger partial charge in [0.25, 0.3) is 5.91 Å². The molecular weight excluding hydrogens is 318 g/mol. The molecule has 7 nitrogen and oxygen atoms in total. The Morgan fingerprint density at radius 3 is 2.88 bits per heavy atom. The summed E-state index contributed by atoms with van der Waals surface area (Å²) in [5.74, 6) is 0.727. The minimum absolute atomic E-state index is 0.100. The molecule has 25 heavy (non-hydrogen) atoms. The van der Waals surface area contributed by atoms with Crippen molar-refractivity contribution in [3.8, 4) is 11.3 Å². The summed E-state index contributed by atoms with van der Waals surface area (Å²) in [5, 5.41) is 9.90. The maximum atomic E-state index is 12.2. The molecule has 3 aromatic rings. The molecule has 0 saturated heterocycles. The first-order valence-electron chi connectivity index (χ1n) is 8.02.